The lowest BCUT2D eigenvalue weighted by molar-refractivity contribution is -0.147. The molecule has 0 fully saturated rings. The van der Waals surface area contributed by atoms with E-state index in [0.717, 1.165) is 22.3 Å². The Bertz CT molecular complexity index is 926. The van der Waals surface area contributed by atoms with Crippen LogP contribution < -0.4 is 5.32 Å². The fourth-order valence-corrected chi connectivity index (χ4v) is 3.92. The van der Waals surface area contributed by atoms with Crippen LogP contribution in [0.2, 0.25) is 0 Å². The lowest BCUT2D eigenvalue weighted by Gasteiger charge is -2.28. The third-order valence-corrected chi connectivity index (χ3v) is 5.53. The molecule has 1 unspecified atom stereocenters. The van der Waals surface area contributed by atoms with E-state index in [-0.39, 0.29) is 37.6 Å². The third kappa shape index (κ3) is 5.05. The Hall–Kier alpha value is -3.35. The second kappa shape index (κ2) is 9.64. The van der Waals surface area contributed by atoms with E-state index < -0.39 is 18.0 Å². The molecular formula is C24H28N2O5. The van der Waals surface area contributed by atoms with Gasteiger partial charge in [-0.3, -0.25) is 9.59 Å². The summed E-state index contributed by atoms with van der Waals surface area (Å²) >= 11 is 0. The van der Waals surface area contributed by atoms with E-state index in [9.17, 15) is 14.4 Å². The van der Waals surface area contributed by atoms with E-state index in [4.69, 9.17) is 9.84 Å². The molecule has 0 bridgehead atoms. The summed E-state index contributed by atoms with van der Waals surface area (Å²) in [6.45, 7) is 5.06. The van der Waals surface area contributed by atoms with Crippen LogP contribution in [0.3, 0.4) is 0 Å². The van der Waals surface area contributed by atoms with Gasteiger partial charge in [0.2, 0.25) is 5.91 Å². The lowest BCUT2D eigenvalue weighted by Crippen LogP contribution is -2.46. The van der Waals surface area contributed by atoms with Gasteiger partial charge in [-0.1, -0.05) is 55.5 Å². The Labute approximate surface area is 182 Å². The predicted octanol–water partition coefficient (Wildman–Crippen LogP) is 3.48. The van der Waals surface area contributed by atoms with Crippen molar-refractivity contribution in [2.24, 2.45) is 5.92 Å². The van der Waals surface area contributed by atoms with Crippen molar-refractivity contribution in [1.82, 2.24) is 10.2 Å². The minimum absolute atomic E-state index is 0.0378. The molecule has 164 valence electrons. The van der Waals surface area contributed by atoms with E-state index in [1.165, 1.54) is 4.90 Å². The first kappa shape index (κ1) is 22.3. The van der Waals surface area contributed by atoms with Gasteiger partial charge in [-0.15, -0.1) is 0 Å². The van der Waals surface area contributed by atoms with Crippen LogP contribution in [0.5, 0.6) is 0 Å². The summed E-state index contributed by atoms with van der Waals surface area (Å²) in [7, 11) is 0. The number of carboxylic acids is 1. The molecule has 0 radical (unpaired) electrons. The van der Waals surface area contributed by atoms with Crippen molar-refractivity contribution in [3.63, 3.8) is 0 Å². The van der Waals surface area contributed by atoms with E-state index in [1.54, 1.807) is 20.8 Å². The van der Waals surface area contributed by atoms with Crippen molar-refractivity contribution in [2.75, 3.05) is 19.7 Å². The molecule has 0 heterocycles. The van der Waals surface area contributed by atoms with Crippen molar-refractivity contribution in [2.45, 2.75) is 32.7 Å². The van der Waals surface area contributed by atoms with Crippen LogP contribution in [0.25, 0.3) is 11.1 Å². The SMILES string of the molecule is CC(CNC(=O)OCC1c2ccccc2-c2ccccc21)C(=O)N(CC(=O)O)C(C)C. The van der Waals surface area contributed by atoms with Crippen LogP contribution in [0, 0.1) is 5.92 Å². The molecule has 7 heteroatoms. The zero-order valence-corrected chi connectivity index (χ0v) is 18.0. The van der Waals surface area contributed by atoms with Gasteiger partial charge in [-0.05, 0) is 36.1 Å². The van der Waals surface area contributed by atoms with Crippen molar-refractivity contribution < 1.29 is 24.2 Å². The monoisotopic (exact) mass is 424 g/mol. The molecule has 0 aromatic heterocycles. The normalized spacial score (nSPS) is 13.3. The average Bonchev–Trinajstić information content (AvgIpc) is 3.07. The minimum atomic E-state index is -1.07. The number of nitrogens with zero attached hydrogens (tertiary/aromatic N) is 1. The Morgan fingerprint density at radius 1 is 1.00 bits per heavy atom. The summed E-state index contributed by atoms with van der Waals surface area (Å²) in [4.78, 5) is 37.1. The Kier molecular flexibility index (Phi) is 6.95. The highest BCUT2D eigenvalue weighted by atomic mass is 16.5. The smallest absolute Gasteiger partial charge is 0.407 e. The van der Waals surface area contributed by atoms with Gasteiger partial charge in [0.25, 0.3) is 0 Å². The number of carbonyl (C=O) groups excluding carboxylic acids is 2. The maximum atomic E-state index is 12.5. The van der Waals surface area contributed by atoms with Crippen molar-refractivity contribution in [3.05, 3.63) is 59.7 Å². The molecule has 31 heavy (non-hydrogen) atoms. The second-order valence-corrected chi connectivity index (χ2v) is 8.06. The Morgan fingerprint density at radius 3 is 2.06 bits per heavy atom. The predicted molar refractivity (Wildman–Crippen MR) is 117 cm³/mol. The quantitative estimate of drug-likeness (QED) is 0.676. The standard InChI is InChI=1S/C24H28N2O5/c1-15(2)26(13-22(27)28)23(29)16(3)12-25-24(30)31-14-21-19-10-6-4-8-17(19)18-9-5-7-11-20(18)21/h4-11,15-16,21H,12-14H2,1-3H3,(H,25,30)(H,27,28). The summed E-state index contributed by atoms with van der Waals surface area (Å²) in [5, 5.41) is 11.6. The fraction of sp³-hybridized carbons (Fsp3) is 0.375. The number of alkyl carbamates (subject to hydrolysis) is 1. The van der Waals surface area contributed by atoms with Gasteiger partial charge in [0, 0.05) is 18.5 Å². The van der Waals surface area contributed by atoms with E-state index in [1.807, 2.05) is 36.4 Å². The maximum Gasteiger partial charge on any atom is 0.407 e. The highest BCUT2D eigenvalue weighted by molar-refractivity contribution is 5.84. The van der Waals surface area contributed by atoms with Crippen LogP contribution in [0.15, 0.2) is 48.5 Å². The highest BCUT2D eigenvalue weighted by Gasteiger charge is 2.29. The van der Waals surface area contributed by atoms with Gasteiger partial charge in [-0.2, -0.15) is 0 Å². The number of fused-ring (bicyclic) bond motifs is 3. The van der Waals surface area contributed by atoms with Crippen LogP contribution in [-0.2, 0) is 14.3 Å². The lowest BCUT2D eigenvalue weighted by atomic mass is 9.98. The molecule has 1 aliphatic carbocycles. The van der Waals surface area contributed by atoms with Gasteiger partial charge < -0.3 is 20.1 Å². The summed E-state index contributed by atoms with van der Waals surface area (Å²) in [5.41, 5.74) is 4.56. The molecule has 1 aliphatic rings. The van der Waals surface area contributed by atoms with Gasteiger partial charge >= 0.3 is 12.1 Å². The number of rotatable bonds is 8. The summed E-state index contributed by atoms with van der Waals surface area (Å²) in [5.74, 6) is -2.00. The number of ether oxygens (including phenoxy) is 1. The third-order valence-electron chi connectivity index (χ3n) is 5.53. The highest BCUT2D eigenvalue weighted by Crippen LogP contribution is 2.44. The largest absolute Gasteiger partial charge is 0.480 e. The number of hydrogen-bond acceptors (Lipinski definition) is 4. The van der Waals surface area contributed by atoms with E-state index in [2.05, 4.69) is 17.4 Å². The van der Waals surface area contributed by atoms with Crippen LogP contribution in [0.4, 0.5) is 4.79 Å². The Balaban J connectivity index is 1.56. The average molecular weight is 424 g/mol. The maximum absolute atomic E-state index is 12.5. The van der Waals surface area contributed by atoms with Crippen molar-refractivity contribution in [3.8, 4) is 11.1 Å². The molecule has 0 saturated heterocycles. The topological polar surface area (TPSA) is 95.9 Å². The van der Waals surface area contributed by atoms with Crippen molar-refractivity contribution >= 4 is 18.0 Å². The molecule has 0 saturated carbocycles. The zero-order valence-electron chi connectivity index (χ0n) is 18.0. The summed E-state index contributed by atoms with van der Waals surface area (Å²) in [6.07, 6.45) is -0.601. The number of amides is 2. The number of aliphatic carboxylic acids is 1. The van der Waals surface area contributed by atoms with Crippen LogP contribution in [-0.4, -0.2) is 53.7 Å². The number of carbonyl (C=O) groups is 3. The first-order valence-corrected chi connectivity index (χ1v) is 10.4. The minimum Gasteiger partial charge on any atom is -0.480 e. The molecule has 1 atom stereocenters. The van der Waals surface area contributed by atoms with Crippen LogP contribution in [0.1, 0.15) is 37.8 Å². The molecule has 2 aromatic carbocycles. The number of nitrogens with one attached hydrogen (secondary N) is 1. The molecule has 0 aliphatic heterocycles. The van der Waals surface area contributed by atoms with Gasteiger partial charge in [0.15, 0.2) is 0 Å². The van der Waals surface area contributed by atoms with Crippen LogP contribution >= 0.6 is 0 Å². The van der Waals surface area contributed by atoms with E-state index in [0.29, 0.717) is 0 Å². The number of benzene rings is 2. The molecule has 2 N–H and O–H groups in total. The summed E-state index contributed by atoms with van der Waals surface area (Å²) < 4.78 is 5.47. The van der Waals surface area contributed by atoms with E-state index >= 15 is 0 Å². The van der Waals surface area contributed by atoms with Gasteiger partial charge in [0.05, 0.1) is 5.92 Å². The first-order valence-electron chi connectivity index (χ1n) is 10.4. The summed E-state index contributed by atoms with van der Waals surface area (Å²) in [6, 6.07) is 15.9. The number of hydrogen-bond donors (Lipinski definition) is 2. The first-order chi connectivity index (χ1) is 14.8. The zero-order chi connectivity index (χ0) is 22.5. The molecular weight excluding hydrogens is 396 g/mol. The molecule has 0 spiro atoms. The Morgan fingerprint density at radius 2 is 1.55 bits per heavy atom. The second-order valence-electron chi connectivity index (χ2n) is 8.06. The van der Waals surface area contributed by atoms with Gasteiger partial charge in [-0.25, -0.2) is 4.79 Å². The number of carboxylic acid groups (broad SMARTS) is 1. The molecule has 3 rings (SSSR count). The fourth-order valence-electron chi connectivity index (χ4n) is 3.92. The molecule has 2 aromatic rings. The molecule has 7 nitrogen and oxygen atoms in total. The van der Waals surface area contributed by atoms with Gasteiger partial charge in [0.1, 0.15) is 13.2 Å². The van der Waals surface area contributed by atoms with Crippen molar-refractivity contribution in [1.29, 1.82) is 0 Å². The molecule has 2 amide bonds.